The van der Waals surface area contributed by atoms with Gasteiger partial charge in [-0.25, -0.2) is 4.98 Å². The van der Waals surface area contributed by atoms with Gasteiger partial charge in [-0.15, -0.1) is 11.3 Å². The minimum absolute atomic E-state index is 0.0305. The third kappa shape index (κ3) is 4.08. The summed E-state index contributed by atoms with van der Waals surface area (Å²) in [4.78, 5) is 16.9. The molecule has 0 bridgehead atoms. The molecule has 1 N–H and O–H groups in total. The molecular formula is C23H17N3OS. The van der Waals surface area contributed by atoms with E-state index in [2.05, 4.69) is 22.4 Å². The number of fused-ring (bicyclic) bond motifs is 1. The Bertz CT molecular complexity index is 1120. The van der Waals surface area contributed by atoms with Crippen LogP contribution in [-0.4, -0.2) is 10.9 Å². The zero-order valence-electron chi connectivity index (χ0n) is 15.1. The highest BCUT2D eigenvalue weighted by molar-refractivity contribution is 7.21. The number of nitrogens with one attached hydrogen (secondary N) is 1. The largest absolute Gasteiger partial charge is 0.326 e. The van der Waals surface area contributed by atoms with Crippen LogP contribution in [-0.2, 0) is 11.2 Å². The second-order valence-corrected chi connectivity index (χ2v) is 7.45. The Labute approximate surface area is 167 Å². The molecule has 0 fully saturated rings. The number of rotatable bonds is 5. The monoisotopic (exact) mass is 383 g/mol. The van der Waals surface area contributed by atoms with Crippen LogP contribution in [0.3, 0.4) is 0 Å². The molecule has 0 spiro atoms. The molecule has 4 rings (SSSR count). The molecule has 3 aromatic carbocycles. The summed E-state index contributed by atoms with van der Waals surface area (Å²) < 4.78 is 1.16. The molecule has 1 heterocycles. The summed E-state index contributed by atoms with van der Waals surface area (Å²) in [5.74, 6) is -0.0305. The van der Waals surface area contributed by atoms with Crippen LogP contribution in [0.25, 0.3) is 20.8 Å². The summed E-state index contributed by atoms with van der Waals surface area (Å²) in [6, 6.07) is 25.3. The number of anilines is 1. The van der Waals surface area contributed by atoms with Crippen molar-refractivity contribution in [3.05, 3.63) is 83.9 Å². The molecule has 0 saturated heterocycles. The first-order valence-corrected chi connectivity index (χ1v) is 9.78. The van der Waals surface area contributed by atoms with Crippen LogP contribution in [0, 0.1) is 11.3 Å². The van der Waals surface area contributed by atoms with Crippen molar-refractivity contribution in [3.8, 4) is 16.6 Å². The van der Waals surface area contributed by atoms with Crippen LogP contribution in [0.15, 0.2) is 72.8 Å². The summed E-state index contributed by atoms with van der Waals surface area (Å²) in [5.41, 5.74) is 4.48. The van der Waals surface area contributed by atoms with Gasteiger partial charge in [-0.3, -0.25) is 4.79 Å². The molecule has 0 unspecified atom stereocenters. The fraction of sp³-hybridized carbons (Fsp3) is 0.0870. The fourth-order valence-corrected chi connectivity index (χ4v) is 3.89. The quantitative estimate of drug-likeness (QED) is 0.501. The number of nitrogens with zero attached hydrogens (tertiary/aromatic N) is 2. The van der Waals surface area contributed by atoms with Gasteiger partial charge < -0.3 is 5.32 Å². The molecule has 1 aromatic heterocycles. The van der Waals surface area contributed by atoms with Crippen LogP contribution < -0.4 is 5.32 Å². The van der Waals surface area contributed by atoms with E-state index in [4.69, 9.17) is 5.26 Å². The first-order valence-electron chi connectivity index (χ1n) is 8.96. The number of carbonyl (C=O) groups excluding carboxylic acids is 1. The fourth-order valence-electron chi connectivity index (χ4n) is 2.92. The molecule has 4 nitrogen and oxygen atoms in total. The second-order valence-electron chi connectivity index (χ2n) is 6.42. The van der Waals surface area contributed by atoms with E-state index < -0.39 is 0 Å². The van der Waals surface area contributed by atoms with Gasteiger partial charge in [0.05, 0.1) is 21.8 Å². The number of thiazole rings is 1. The van der Waals surface area contributed by atoms with E-state index in [0.29, 0.717) is 18.4 Å². The summed E-state index contributed by atoms with van der Waals surface area (Å²) >= 11 is 1.66. The van der Waals surface area contributed by atoms with Gasteiger partial charge in [0, 0.05) is 17.7 Å². The Hall–Kier alpha value is -3.49. The molecule has 1 amide bonds. The van der Waals surface area contributed by atoms with Crippen molar-refractivity contribution in [1.29, 1.82) is 5.26 Å². The predicted octanol–water partition coefficient (Wildman–Crippen LogP) is 5.41. The van der Waals surface area contributed by atoms with Gasteiger partial charge >= 0.3 is 0 Å². The Balaban J connectivity index is 1.37. The standard InChI is InChI=1S/C23H17N3OS/c24-15-17-7-5-16(6-8-17)9-14-22(27)25-19-12-10-18(11-13-19)23-26-20-3-1-2-4-21(20)28-23/h1-8,10-13H,9,14H2,(H,25,27). The number of benzene rings is 3. The van der Waals surface area contributed by atoms with E-state index in [9.17, 15) is 4.79 Å². The molecule has 5 heteroatoms. The number of para-hydroxylation sites is 1. The predicted molar refractivity (Wildman–Crippen MR) is 113 cm³/mol. The van der Waals surface area contributed by atoms with Gasteiger partial charge in [0.25, 0.3) is 0 Å². The molecule has 136 valence electrons. The lowest BCUT2D eigenvalue weighted by Gasteiger charge is -2.06. The van der Waals surface area contributed by atoms with E-state index in [1.54, 1.807) is 23.5 Å². The Morgan fingerprint density at radius 1 is 1.00 bits per heavy atom. The zero-order chi connectivity index (χ0) is 19.3. The van der Waals surface area contributed by atoms with Crippen molar-refractivity contribution in [3.63, 3.8) is 0 Å². The minimum Gasteiger partial charge on any atom is -0.326 e. The normalized spacial score (nSPS) is 10.5. The molecule has 0 saturated carbocycles. The number of hydrogen-bond acceptors (Lipinski definition) is 4. The van der Waals surface area contributed by atoms with Gasteiger partial charge in [0.1, 0.15) is 5.01 Å². The summed E-state index contributed by atoms with van der Waals surface area (Å²) in [6.07, 6.45) is 1.03. The van der Waals surface area contributed by atoms with Gasteiger partial charge in [-0.05, 0) is 60.5 Å². The molecule has 0 aliphatic rings. The third-order valence-electron chi connectivity index (χ3n) is 4.43. The second kappa shape index (κ2) is 8.03. The highest BCUT2D eigenvalue weighted by Crippen LogP contribution is 2.30. The lowest BCUT2D eigenvalue weighted by molar-refractivity contribution is -0.116. The number of carbonyl (C=O) groups is 1. The highest BCUT2D eigenvalue weighted by atomic mass is 32.1. The number of nitriles is 1. The molecule has 0 atom stereocenters. The van der Waals surface area contributed by atoms with E-state index in [1.807, 2.05) is 54.6 Å². The number of aromatic nitrogens is 1. The maximum absolute atomic E-state index is 12.2. The van der Waals surface area contributed by atoms with E-state index in [1.165, 1.54) is 0 Å². The molecule has 0 aliphatic heterocycles. The lowest BCUT2D eigenvalue weighted by atomic mass is 10.1. The average molecular weight is 383 g/mol. The van der Waals surface area contributed by atoms with E-state index >= 15 is 0 Å². The Morgan fingerprint density at radius 2 is 1.75 bits per heavy atom. The lowest BCUT2D eigenvalue weighted by Crippen LogP contribution is -2.12. The Kier molecular flexibility index (Phi) is 5.14. The number of amides is 1. The van der Waals surface area contributed by atoms with Crippen molar-refractivity contribution < 1.29 is 4.79 Å². The van der Waals surface area contributed by atoms with Crippen molar-refractivity contribution in [2.45, 2.75) is 12.8 Å². The smallest absolute Gasteiger partial charge is 0.224 e. The average Bonchev–Trinajstić information content (AvgIpc) is 3.17. The highest BCUT2D eigenvalue weighted by Gasteiger charge is 2.07. The van der Waals surface area contributed by atoms with E-state index in [0.717, 1.165) is 32.0 Å². The maximum Gasteiger partial charge on any atom is 0.224 e. The maximum atomic E-state index is 12.2. The van der Waals surface area contributed by atoms with Gasteiger partial charge in [0.2, 0.25) is 5.91 Å². The van der Waals surface area contributed by atoms with Gasteiger partial charge in [-0.1, -0.05) is 24.3 Å². The van der Waals surface area contributed by atoms with E-state index in [-0.39, 0.29) is 5.91 Å². The summed E-state index contributed by atoms with van der Waals surface area (Å²) in [6.45, 7) is 0. The van der Waals surface area contributed by atoms with Crippen LogP contribution in [0.2, 0.25) is 0 Å². The van der Waals surface area contributed by atoms with Crippen molar-refractivity contribution in [2.75, 3.05) is 5.32 Å². The summed E-state index contributed by atoms with van der Waals surface area (Å²) in [7, 11) is 0. The van der Waals surface area contributed by atoms with Crippen LogP contribution in [0.5, 0.6) is 0 Å². The SMILES string of the molecule is N#Cc1ccc(CCC(=O)Nc2ccc(-c3nc4ccccc4s3)cc2)cc1. The third-order valence-corrected chi connectivity index (χ3v) is 5.52. The van der Waals surface area contributed by atoms with Crippen LogP contribution in [0.4, 0.5) is 5.69 Å². The molecule has 0 aliphatic carbocycles. The molecular weight excluding hydrogens is 366 g/mol. The van der Waals surface area contributed by atoms with Gasteiger partial charge in [-0.2, -0.15) is 5.26 Å². The van der Waals surface area contributed by atoms with Crippen LogP contribution >= 0.6 is 11.3 Å². The zero-order valence-corrected chi connectivity index (χ0v) is 15.9. The number of hydrogen-bond donors (Lipinski definition) is 1. The topological polar surface area (TPSA) is 65.8 Å². The van der Waals surface area contributed by atoms with Crippen molar-refractivity contribution in [1.82, 2.24) is 4.98 Å². The number of aryl methyl sites for hydroxylation is 1. The molecule has 28 heavy (non-hydrogen) atoms. The first kappa shape index (κ1) is 17.9. The molecule has 4 aromatic rings. The first-order chi connectivity index (χ1) is 13.7. The van der Waals surface area contributed by atoms with Crippen LogP contribution in [0.1, 0.15) is 17.5 Å². The Morgan fingerprint density at radius 3 is 2.46 bits per heavy atom. The van der Waals surface area contributed by atoms with Gasteiger partial charge in [0.15, 0.2) is 0 Å². The summed E-state index contributed by atoms with van der Waals surface area (Å²) in [5, 5.41) is 12.7. The molecule has 0 radical (unpaired) electrons. The van der Waals surface area contributed by atoms with Crippen molar-refractivity contribution >= 4 is 33.1 Å². The van der Waals surface area contributed by atoms with Crippen molar-refractivity contribution in [2.24, 2.45) is 0 Å². The minimum atomic E-state index is -0.0305.